The lowest BCUT2D eigenvalue weighted by atomic mass is 10.2. The first-order valence-electron chi connectivity index (χ1n) is 5.47. The average molecular weight is 295 g/mol. The summed E-state index contributed by atoms with van der Waals surface area (Å²) in [7, 11) is 2.08. The highest BCUT2D eigenvalue weighted by atomic mass is 79.9. The Morgan fingerprint density at radius 3 is 2.71 bits per heavy atom. The van der Waals surface area contributed by atoms with Crippen LogP contribution in [0.4, 0.5) is 0 Å². The highest BCUT2D eigenvalue weighted by Gasteiger charge is 2.06. The molecule has 0 fully saturated rings. The topological polar surface area (TPSA) is 29.3 Å². The predicted molar refractivity (Wildman–Crippen MR) is 70.6 cm³/mol. The number of hydrogen-bond donors (Lipinski definition) is 0. The van der Waals surface area contributed by atoms with Crippen molar-refractivity contribution in [2.75, 3.05) is 7.05 Å². The van der Waals surface area contributed by atoms with Crippen LogP contribution >= 0.6 is 15.9 Å². The Labute approximate surface area is 110 Å². The molecular weight excluding hydrogens is 280 g/mol. The molecular formula is C13H15BrN2O. The molecule has 4 heteroatoms. The maximum Gasteiger partial charge on any atom is 0.105 e. The zero-order chi connectivity index (χ0) is 12.3. The van der Waals surface area contributed by atoms with Crippen LogP contribution < -0.4 is 0 Å². The monoisotopic (exact) mass is 294 g/mol. The smallest absolute Gasteiger partial charge is 0.105 e. The maximum absolute atomic E-state index is 5.28. The largest absolute Gasteiger partial charge is 0.469 e. The molecule has 17 heavy (non-hydrogen) atoms. The summed E-state index contributed by atoms with van der Waals surface area (Å²) >= 11 is 3.38. The molecule has 0 N–H and O–H groups in total. The number of rotatable bonds is 4. The molecule has 2 rings (SSSR count). The molecule has 0 aliphatic rings. The molecule has 0 spiro atoms. The molecule has 0 aromatic carbocycles. The fourth-order valence-electron chi connectivity index (χ4n) is 1.70. The number of nitrogens with zero attached hydrogens (tertiary/aromatic N) is 2. The molecule has 0 aliphatic heterocycles. The third-order valence-corrected chi connectivity index (χ3v) is 3.10. The van der Waals surface area contributed by atoms with Gasteiger partial charge in [0.25, 0.3) is 0 Å². The van der Waals surface area contributed by atoms with Crippen molar-refractivity contribution < 1.29 is 4.42 Å². The zero-order valence-electron chi connectivity index (χ0n) is 9.98. The van der Waals surface area contributed by atoms with Gasteiger partial charge in [0.05, 0.1) is 12.0 Å². The molecule has 0 atom stereocenters. The quantitative estimate of drug-likeness (QED) is 0.866. The Kier molecular flexibility index (Phi) is 3.97. The standard InChI is InChI=1S/C13H15BrN2O/c1-10-11(5-6-17-10)8-16(2)9-13-4-3-12(14)7-15-13/h3-7H,8-9H2,1-2H3. The van der Waals surface area contributed by atoms with Gasteiger partial charge < -0.3 is 4.42 Å². The minimum atomic E-state index is 0.831. The highest BCUT2D eigenvalue weighted by molar-refractivity contribution is 9.10. The van der Waals surface area contributed by atoms with Crippen molar-refractivity contribution in [3.63, 3.8) is 0 Å². The van der Waals surface area contributed by atoms with E-state index in [1.807, 2.05) is 31.3 Å². The van der Waals surface area contributed by atoms with E-state index in [0.29, 0.717) is 0 Å². The molecule has 0 aliphatic carbocycles. The normalized spacial score (nSPS) is 11.1. The van der Waals surface area contributed by atoms with E-state index in [1.165, 1.54) is 5.56 Å². The van der Waals surface area contributed by atoms with Gasteiger partial charge in [-0.1, -0.05) is 0 Å². The second-order valence-electron chi connectivity index (χ2n) is 4.14. The van der Waals surface area contributed by atoms with Crippen LogP contribution in [0.3, 0.4) is 0 Å². The average Bonchev–Trinajstić information content (AvgIpc) is 2.68. The summed E-state index contributed by atoms with van der Waals surface area (Å²) in [5, 5.41) is 0. The van der Waals surface area contributed by atoms with Crippen molar-refractivity contribution in [1.82, 2.24) is 9.88 Å². The van der Waals surface area contributed by atoms with Crippen LogP contribution in [0.25, 0.3) is 0 Å². The summed E-state index contributed by atoms with van der Waals surface area (Å²) in [4.78, 5) is 6.57. The van der Waals surface area contributed by atoms with Crippen LogP contribution in [-0.4, -0.2) is 16.9 Å². The summed E-state index contributed by atoms with van der Waals surface area (Å²) in [6.45, 7) is 3.69. The minimum Gasteiger partial charge on any atom is -0.469 e. The summed E-state index contributed by atoms with van der Waals surface area (Å²) in [6.07, 6.45) is 3.56. The summed E-state index contributed by atoms with van der Waals surface area (Å²) in [5.74, 6) is 0.987. The van der Waals surface area contributed by atoms with E-state index >= 15 is 0 Å². The van der Waals surface area contributed by atoms with Gasteiger partial charge in [-0.2, -0.15) is 0 Å². The lowest BCUT2D eigenvalue weighted by Crippen LogP contribution is -2.18. The van der Waals surface area contributed by atoms with Gasteiger partial charge >= 0.3 is 0 Å². The number of furan rings is 1. The van der Waals surface area contributed by atoms with Gasteiger partial charge in [-0.15, -0.1) is 0 Å². The van der Waals surface area contributed by atoms with Crippen LogP contribution in [0.1, 0.15) is 17.0 Å². The third-order valence-electron chi connectivity index (χ3n) is 2.63. The van der Waals surface area contributed by atoms with E-state index in [1.54, 1.807) is 6.26 Å². The molecule has 0 unspecified atom stereocenters. The van der Waals surface area contributed by atoms with E-state index < -0.39 is 0 Å². The van der Waals surface area contributed by atoms with Crippen molar-refractivity contribution in [1.29, 1.82) is 0 Å². The van der Waals surface area contributed by atoms with Crippen molar-refractivity contribution in [3.8, 4) is 0 Å². The van der Waals surface area contributed by atoms with Crippen molar-refractivity contribution in [2.45, 2.75) is 20.0 Å². The van der Waals surface area contributed by atoms with E-state index in [2.05, 4.69) is 32.9 Å². The fourth-order valence-corrected chi connectivity index (χ4v) is 1.93. The Bertz CT molecular complexity index is 478. The van der Waals surface area contributed by atoms with E-state index in [9.17, 15) is 0 Å². The predicted octanol–water partition coefficient (Wildman–Crippen LogP) is 3.38. The first-order valence-corrected chi connectivity index (χ1v) is 6.26. The highest BCUT2D eigenvalue weighted by Crippen LogP contribution is 2.13. The van der Waals surface area contributed by atoms with E-state index in [0.717, 1.165) is 29.0 Å². The molecule has 0 bridgehead atoms. The second-order valence-corrected chi connectivity index (χ2v) is 5.06. The van der Waals surface area contributed by atoms with Crippen molar-refractivity contribution in [2.24, 2.45) is 0 Å². The fraction of sp³-hybridized carbons (Fsp3) is 0.308. The molecule has 3 nitrogen and oxygen atoms in total. The first-order chi connectivity index (χ1) is 8.15. The molecule has 0 saturated heterocycles. The number of hydrogen-bond acceptors (Lipinski definition) is 3. The van der Waals surface area contributed by atoms with E-state index in [4.69, 9.17) is 4.42 Å². The number of aryl methyl sites for hydroxylation is 1. The molecule has 2 aromatic heterocycles. The van der Waals surface area contributed by atoms with Crippen LogP contribution in [0, 0.1) is 6.92 Å². The van der Waals surface area contributed by atoms with Crippen molar-refractivity contribution in [3.05, 3.63) is 52.1 Å². The number of aromatic nitrogens is 1. The number of pyridine rings is 1. The molecule has 0 radical (unpaired) electrons. The Hall–Kier alpha value is -1.13. The van der Waals surface area contributed by atoms with Gasteiger partial charge in [-0.05, 0) is 48.1 Å². The van der Waals surface area contributed by atoms with Crippen LogP contribution in [0.15, 0.2) is 39.5 Å². The lowest BCUT2D eigenvalue weighted by molar-refractivity contribution is 0.312. The zero-order valence-corrected chi connectivity index (χ0v) is 11.6. The molecule has 0 saturated carbocycles. The van der Waals surface area contributed by atoms with Gasteiger partial charge in [0.1, 0.15) is 5.76 Å². The lowest BCUT2D eigenvalue weighted by Gasteiger charge is -2.15. The van der Waals surface area contributed by atoms with Gasteiger partial charge in [0.2, 0.25) is 0 Å². The molecule has 90 valence electrons. The van der Waals surface area contributed by atoms with Crippen LogP contribution in [-0.2, 0) is 13.1 Å². The Morgan fingerprint density at radius 1 is 1.29 bits per heavy atom. The molecule has 2 aromatic rings. The second kappa shape index (κ2) is 5.47. The third kappa shape index (κ3) is 3.41. The van der Waals surface area contributed by atoms with Gasteiger partial charge in [-0.3, -0.25) is 9.88 Å². The van der Waals surface area contributed by atoms with Gasteiger partial charge in [-0.25, -0.2) is 0 Å². The van der Waals surface area contributed by atoms with E-state index in [-0.39, 0.29) is 0 Å². The maximum atomic E-state index is 5.28. The minimum absolute atomic E-state index is 0.831. The summed E-state index contributed by atoms with van der Waals surface area (Å²) < 4.78 is 6.29. The van der Waals surface area contributed by atoms with Crippen LogP contribution in [0.2, 0.25) is 0 Å². The number of halogens is 1. The molecule has 0 amide bonds. The van der Waals surface area contributed by atoms with Gasteiger partial charge in [0, 0.05) is 29.3 Å². The summed E-state index contributed by atoms with van der Waals surface area (Å²) in [5.41, 5.74) is 2.29. The SMILES string of the molecule is Cc1occc1CN(C)Cc1ccc(Br)cn1. The Balaban J connectivity index is 1.95. The van der Waals surface area contributed by atoms with Gasteiger partial charge in [0.15, 0.2) is 0 Å². The first kappa shape index (κ1) is 12.3. The molecule has 2 heterocycles. The summed E-state index contributed by atoms with van der Waals surface area (Å²) in [6, 6.07) is 6.06. The Morgan fingerprint density at radius 2 is 2.12 bits per heavy atom. The van der Waals surface area contributed by atoms with Crippen LogP contribution in [0.5, 0.6) is 0 Å². The van der Waals surface area contributed by atoms with Crippen molar-refractivity contribution >= 4 is 15.9 Å².